The van der Waals surface area contributed by atoms with E-state index in [1.54, 1.807) is 18.2 Å². The van der Waals surface area contributed by atoms with E-state index < -0.39 is 0 Å². The summed E-state index contributed by atoms with van der Waals surface area (Å²) in [5.41, 5.74) is 7.35. The van der Waals surface area contributed by atoms with Crippen LogP contribution in [0.2, 0.25) is 0 Å². The lowest BCUT2D eigenvalue weighted by atomic mass is 10.1. The predicted molar refractivity (Wildman–Crippen MR) is 71.4 cm³/mol. The maximum Gasteiger partial charge on any atom is 0.258 e. The monoisotopic (exact) mass is 246 g/mol. The highest BCUT2D eigenvalue weighted by Gasteiger charge is 2.23. The third kappa shape index (κ3) is 3.52. The van der Waals surface area contributed by atoms with Crippen LogP contribution in [-0.4, -0.2) is 18.6 Å². The number of carbonyl (C=O) groups excluding carboxylic acids is 1. The van der Waals surface area contributed by atoms with Crippen molar-refractivity contribution in [3.63, 3.8) is 0 Å². The van der Waals surface area contributed by atoms with Gasteiger partial charge in [0.05, 0.1) is 0 Å². The number of benzene rings is 1. The molecule has 0 spiro atoms. The molecule has 0 aromatic heterocycles. The number of nitrogens with two attached hydrogens (primary N) is 1. The molecule has 0 unspecified atom stereocenters. The lowest BCUT2D eigenvalue weighted by molar-refractivity contribution is -0.123. The largest absolute Gasteiger partial charge is 0.483 e. The van der Waals surface area contributed by atoms with E-state index in [-0.39, 0.29) is 12.5 Å². The van der Waals surface area contributed by atoms with Crippen LogP contribution < -0.4 is 15.8 Å². The molecular weight excluding hydrogens is 228 g/mol. The normalized spacial score (nSPS) is 14.0. The highest BCUT2D eigenvalue weighted by atomic mass is 16.5. The van der Waals surface area contributed by atoms with E-state index >= 15 is 0 Å². The third-order valence-corrected chi connectivity index (χ3v) is 2.75. The average molecular weight is 246 g/mol. The van der Waals surface area contributed by atoms with Crippen molar-refractivity contribution in [2.45, 2.75) is 25.3 Å². The SMILES string of the molecule is C=CCc1cc(N)ccc1OCC(=O)NC1CC1. The third-order valence-electron chi connectivity index (χ3n) is 2.75. The Morgan fingerprint density at radius 3 is 3.00 bits per heavy atom. The molecule has 1 saturated carbocycles. The summed E-state index contributed by atoms with van der Waals surface area (Å²) in [6.45, 7) is 3.74. The summed E-state index contributed by atoms with van der Waals surface area (Å²) >= 11 is 0. The van der Waals surface area contributed by atoms with Crippen LogP contribution in [0.25, 0.3) is 0 Å². The molecule has 18 heavy (non-hydrogen) atoms. The number of nitrogen functional groups attached to an aromatic ring is 1. The lowest BCUT2D eigenvalue weighted by Gasteiger charge is -2.11. The van der Waals surface area contributed by atoms with Gasteiger partial charge < -0.3 is 15.8 Å². The molecule has 0 radical (unpaired) electrons. The first-order valence-electron chi connectivity index (χ1n) is 6.10. The van der Waals surface area contributed by atoms with Crippen molar-refractivity contribution in [2.24, 2.45) is 0 Å². The van der Waals surface area contributed by atoms with E-state index in [1.807, 2.05) is 6.07 Å². The van der Waals surface area contributed by atoms with Crippen molar-refractivity contribution in [3.8, 4) is 5.75 Å². The standard InChI is InChI=1S/C14H18N2O2/c1-2-3-10-8-11(15)4-7-13(10)18-9-14(17)16-12-5-6-12/h2,4,7-8,12H,1,3,5-6,9,15H2,(H,16,17). The number of rotatable bonds is 6. The summed E-state index contributed by atoms with van der Waals surface area (Å²) in [4.78, 5) is 11.5. The quantitative estimate of drug-likeness (QED) is 0.592. The molecular formula is C14H18N2O2. The summed E-state index contributed by atoms with van der Waals surface area (Å²) in [7, 11) is 0. The van der Waals surface area contributed by atoms with Crippen LogP contribution in [0.15, 0.2) is 30.9 Å². The molecule has 1 aliphatic carbocycles. The van der Waals surface area contributed by atoms with Crippen molar-refractivity contribution < 1.29 is 9.53 Å². The van der Waals surface area contributed by atoms with E-state index in [2.05, 4.69) is 11.9 Å². The molecule has 96 valence electrons. The van der Waals surface area contributed by atoms with E-state index in [4.69, 9.17) is 10.5 Å². The molecule has 1 aliphatic rings. The van der Waals surface area contributed by atoms with Gasteiger partial charge in [-0.15, -0.1) is 6.58 Å². The minimum atomic E-state index is -0.0705. The molecule has 1 aromatic carbocycles. The molecule has 4 nitrogen and oxygen atoms in total. The van der Waals surface area contributed by atoms with Gasteiger partial charge in [0.2, 0.25) is 0 Å². The minimum Gasteiger partial charge on any atom is -0.483 e. The maximum atomic E-state index is 11.5. The molecule has 0 atom stereocenters. The number of hydrogen-bond acceptors (Lipinski definition) is 3. The molecule has 1 fully saturated rings. The van der Waals surface area contributed by atoms with Crippen LogP contribution >= 0.6 is 0 Å². The van der Waals surface area contributed by atoms with Gasteiger partial charge in [0.15, 0.2) is 6.61 Å². The van der Waals surface area contributed by atoms with Crippen molar-refractivity contribution in [1.82, 2.24) is 5.32 Å². The second-order valence-electron chi connectivity index (χ2n) is 4.49. The van der Waals surface area contributed by atoms with Crippen LogP contribution in [0, 0.1) is 0 Å². The van der Waals surface area contributed by atoms with Gasteiger partial charge in [0, 0.05) is 11.7 Å². The van der Waals surface area contributed by atoms with E-state index in [9.17, 15) is 4.79 Å². The minimum absolute atomic E-state index is 0.0462. The first-order valence-corrected chi connectivity index (χ1v) is 6.10. The fourth-order valence-corrected chi connectivity index (χ4v) is 1.70. The zero-order chi connectivity index (χ0) is 13.0. The number of nitrogens with one attached hydrogen (secondary N) is 1. The maximum absolute atomic E-state index is 11.5. The number of ether oxygens (including phenoxy) is 1. The summed E-state index contributed by atoms with van der Waals surface area (Å²) in [5, 5.41) is 2.88. The molecule has 0 bridgehead atoms. The van der Waals surface area contributed by atoms with Gasteiger partial charge in [0.25, 0.3) is 5.91 Å². The fourth-order valence-electron chi connectivity index (χ4n) is 1.70. The summed E-state index contributed by atoms with van der Waals surface area (Å²) in [5.74, 6) is 0.619. The molecule has 1 amide bonds. The molecule has 0 heterocycles. The Morgan fingerprint density at radius 2 is 2.33 bits per heavy atom. The van der Waals surface area contributed by atoms with Crippen molar-refractivity contribution in [1.29, 1.82) is 0 Å². The molecule has 2 rings (SSSR count). The van der Waals surface area contributed by atoms with Crippen LogP contribution in [0.4, 0.5) is 5.69 Å². The van der Waals surface area contributed by atoms with E-state index in [0.29, 0.717) is 23.9 Å². The van der Waals surface area contributed by atoms with Crippen LogP contribution in [-0.2, 0) is 11.2 Å². The number of allylic oxidation sites excluding steroid dienone is 1. The van der Waals surface area contributed by atoms with Crippen LogP contribution in [0.5, 0.6) is 5.75 Å². The lowest BCUT2D eigenvalue weighted by Crippen LogP contribution is -2.30. The molecule has 1 aromatic rings. The first kappa shape index (κ1) is 12.5. The predicted octanol–water partition coefficient (Wildman–Crippen LogP) is 1.65. The van der Waals surface area contributed by atoms with Gasteiger partial charge in [-0.3, -0.25) is 4.79 Å². The van der Waals surface area contributed by atoms with Gasteiger partial charge in [-0.1, -0.05) is 6.08 Å². The zero-order valence-electron chi connectivity index (χ0n) is 10.3. The fraction of sp³-hybridized carbons (Fsp3) is 0.357. The molecule has 4 heteroatoms. The highest BCUT2D eigenvalue weighted by molar-refractivity contribution is 5.78. The van der Waals surface area contributed by atoms with Crippen molar-refractivity contribution >= 4 is 11.6 Å². The Labute approximate surface area is 107 Å². The van der Waals surface area contributed by atoms with Crippen LogP contribution in [0.3, 0.4) is 0 Å². The average Bonchev–Trinajstić information content (AvgIpc) is 3.12. The topological polar surface area (TPSA) is 64.3 Å². The molecule has 0 aliphatic heterocycles. The second kappa shape index (κ2) is 5.58. The van der Waals surface area contributed by atoms with Gasteiger partial charge in [-0.2, -0.15) is 0 Å². The van der Waals surface area contributed by atoms with Crippen molar-refractivity contribution in [3.05, 3.63) is 36.4 Å². The first-order chi connectivity index (χ1) is 8.69. The Morgan fingerprint density at radius 1 is 1.56 bits per heavy atom. The second-order valence-corrected chi connectivity index (χ2v) is 4.49. The van der Waals surface area contributed by atoms with Crippen molar-refractivity contribution in [2.75, 3.05) is 12.3 Å². The van der Waals surface area contributed by atoms with Gasteiger partial charge in [0.1, 0.15) is 5.75 Å². The van der Waals surface area contributed by atoms with Gasteiger partial charge in [-0.05, 0) is 43.0 Å². The van der Waals surface area contributed by atoms with Gasteiger partial charge in [-0.25, -0.2) is 0 Å². The van der Waals surface area contributed by atoms with Crippen LogP contribution in [0.1, 0.15) is 18.4 Å². The summed E-state index contributed by atoms with van der Waals surface area (Å²) in [6.07, 6.45) is 4.61. The number of hydrogen-bond donors (Lipinski definition) is 2. The Kier molecular flexibility index (Phi) is 3.87. The Hall–Kier alpha value is -1.97. The smallest absolute Gasteiger partial charge is 0.258 e. The summed E-state index contributed by atoms with van der Waals surface area (Å²) in [6, 6.07) is 5.76. The molecule has 0 saturated heterocycles. The highest BCUT2D eigenvalue weighted by Crippen LogP contribution is 2.22. The van der Waals surface area contributed by atoms with E-state index in [0.717, 1.165) is 18.4 Å². The number of anilines is 1. The van der Waals surface area contributed by atoms with E-state index in [1.165, 1.54) is 0 Å². The van der Waals surface area contributed by atoms with Gasteiger partial charge >= 0.3 is 0 Å². The molecule has 3 N–H and O–H groups in total. The summed E-state index contributed by atoms with van der Waals surface area (Å²) < 4.78 is 5.52. The number of carbonyl (C=O) groups is 1. The zero-order valence-corrected chi connectivity index (χ0v) is 10.3. The Bertz CT molecular complexity index is 453. The Balaban J connectivity index is 1.94. The number of amides is 1.